The lowest BCUT2D eigenvalue weighted by atomic mass is 10.1. The van der Waals surface area contributed by atoms with Crippen LogP contribution in [0.5, 0.6) is 0 Å². The van der Waals surface area contributed by atoms with Crippen LogP contribution in [0, 0.1) is 0 Å². The quantitative estimate of drug-likeness (QED) is 0.137. The molecule has 4 unspecified atom stereocenters. The number of rotatable bonds is 14. The minimum absolute atomic E-state index is 0.158. The molecular weight excluding hydrogens is 410 g/mol. The maximum Gasteiger partial charge on any atom is 0.326 e. The van der Waals surface area contributed by atoms with Crippen molar-refractivity contribution < 1.29 is 29.4 Å². The predicted octanol–water partition coefficient (Wildman–Crippen LogP) is -3.04. The average Bonchev–Trinajstić information content (AvgIpc) is 3.23. The Morgan fingerprint density at radius 2 is 1.77 bits per heavy atom. The Bertz CT molecular complexity index is 727. The summed E-state index contributed by atoms with van der Waals surface area (Å²) in [6.07, 6.45) is 4.40. The number of hydrogen-bond donors (Lipinski definition) is 8. The van der Waals surface area contributed by atoms with E-state index in [0.29, 0.717) is 25.1 Å². The lowest BCUT2D eigenvalue weighted by Crippen LogP contribution is -2.57. The van der Waals surface area contributed by atoms with Crippen molar-refractivity contribution >= 4 is 23.7 Å². The topological polar surface area (TPSA) is 226 Å². The Balaban J connectivity index is 2.57. The van der Waals surface area contributed by atoms with Crippen molar-refractivity contribution in [3.63, 3.8) is 0 Å². The highest BCUT2D eigenvalue weighted by Crippen LogP contribution is 2.02. The molecule has 0 aromatic carbocycles. The molecule has 1 rings (SSSR count). The molecule has 0 spiro atoms. The smallest absolute Gasteiger partial charge is 0.326 e. The van der Waals surface area contributed by atoms with Crippen molar-refractivity contribution in [1.29, 1.82) is 0 Å². The van der Waals surface area contributed by atoms with Crippen LogP contribution in [0.25, 0.3) is 0 Å². The number of aliphatic hydroxyl groups excluding tert-OH is 1. The summed E-state index contributed by atoms with van der Waals surface area (Å²) >= 11 is 0. The van der Waals surface area contributed by atoms with Crippen LogP contribution in [0.4, 0.5) is 0 Å². The largest absolute Gasteiger partial charge is 0.480 e. The third-order valence-electron chi connectivity index (χ3n) is 4.46. The molecule has 31 heavy (non-hydrogen) atoms. The van der Waals surface area contributed by atoms with Crippen molar-refractivity contribution in [3.05, 3.63) is 18.2 Å². The molecule has 10 N–H and O–H groups in total. The Hall–Kier alpha value is -3.03. The summed E-state index contributed by atoms with van der Waals surface area (Å²) in [6, 6.07) is -4.55. The number of carbonyl (C=O) groups is 4. The number of carboxylic acids is 1. The zero-order chi connectivity index (χ0) is 23.4. The van der Waals surface area contributed by atoms with Gasteiger partial charge in [-0.15, -0.1) is 0 Å². The lowest BCUT2D eigenvalue weighted by molar-refractivity contribution is -0.142. The van der Waals surface area contributed by atoms with Crippen LogP contribution in [0.1, 0.15) is 31.9 Å². The first kappa shape index (κ1) is 26.0. The summed E-state index contributed by atoms with van der Waals surface area (Å²) in [6.45, 7) is 1.02. The number of aromatic nitrogens is 2. The Labute approximate surface area is 179 Å². The van der Waals surface area contributed by atoms with Gasteiger partial charge in [0.05, 0.1) is 19.0 Å². The van der Waals surface area contributed by atoms with E-state index in [1.165, 1.54) is 19.4 Å². The Kier molecular flexibility index (Phi) is 11.2. The van der Waals surface area contributed by atoms with Gasteiger partial charge in [0.1, 0.15) is 18.1 Å². The molecule has 0 aliphatic rings. The number of nitrogens with zero attached hydrogens (tertiary/aromatic N) is 1. The maximum absolute atomic E-state index is 12.3. The molecule has 0 saturated heterocycles. The van der Waals surface area contributed by atoms with Crippen molar-refractivity contribution in [2.24, 2.45) is 11.5 Å². The summed E-state index contributed by atoms with van der Waals surface area (Å²) in [5.74, 6) is -3.43. The second-order valence-corrected chi connectivity index (χ2v) is 7.05. The first-order valence-corrected chi connectivity index (χ1v) is 9.87. The van der Waals surface area contributed by atoms with E-state index >= 15 is 0 Å². The minimum Gasteiger partial charge on any atom is -0.480 e. The molecule has 1 heterocycles. The SMILES string of the molecule is CC(NC(=O)C(N)Cc1cnc[nH]1)C(=O)NC(CO)C(=O)NC(CCCCN)C(=O)O. The van der Waals surface area contributed by atoms with Gasteiger partial charge in [-0.2, -0.15) is 0 Å². The summed E-state index contributed by atoms with van der Waals surface area (Å²) in [5, 5.41) is 25.7. The standard InChI is InChI=1S/C18H31N7O6/c1-10(23-16(28)12(20)6-11-7-21-9-22-11)15(27)25-14(8-26)17(29)24-13(18(30)31)4-2-3-5-19/h7,9-10,12-14,26H,2-6,8,19-20H2,1H3,(H,21,22)(H,23,28)(H,24,29)(H,25,27)(H,30,31). The second-order valence-electron chi connectivity index (χ2n) is 7.05. The zero-order valence-corrected chi connectivity index (χ0v) is 17.3. The predicted molar refractivity (Wildman–Crippen MR) is 109 cm³/mol. The number of aliphatic carboxylic acids is 1. The van der Waals surface area contributed by atoms with Gasteiger partial charge in [-0.3, -0.25) is 14.4 Å². The monoisotopic (exact) mass is 441 g/mol. The fourth-order valence-electron chi connectivity index (χ4n) is 2.63. The summed E-state index contributed by atoms with van der Waals surface area (Å²) in [7, 11) is 0. The van der Waals surface area contributed by atoms with E-state index in [1.807, 2.05) is 0 Å². The van der Waals surface area contributed by atoms with E-state index in [0.717, 1.165) is 0 Å². The molecule has 0 fully saturated rings. The fraction of sp³-hybridized carbons (Fsp3) is 0.611. The highest BCUT2D eigenvalue weighted by Gasteiger charge is 2.28. The van der Waals surface area contributed by atoms with E-state index in [-0.39, 0.29) is 12.8 Å². The third kappa shape index (κ3) is 9.11. The van der Waals surface area contributed by atoms with Gasteiger partial charge in [-0.25, -0.2) is 9.78 Å². The molecule has 0 aliphatic carbocycles. The summed E-state index contributed by atoms with van der Waals surface area (Å²) in [4.78, 5) is 54.7. The normalized spacial score (nSPS) is 14.7. The lowest BCUT2D eigenvalue weighted by Gasteiger charge is -2.22. The van der Waals surface area contributed by atoms with Gasteiger partial charge in [-0.1, -0.05) is 0 Å². The van der Waals surface area contributed by atoms with Gasteiger partial charge in [0.15, 0.2) is 0 Å². The number of amides is 3. The van der Waals surface area contributed by atoms with Gasteiger partial charge in [0, 0.05) is 18.3 Å². The fourth-order valence-corrected chi connectivity index (χ4v) is 2.63. The van der Waals surface area contributed by atoms with Crippen LogP contribution in [-0.2, 0) is 25.6 Å². The van der Waals surface area contributed by atoms with Gasteiger partial charge in [0.25, 0.3) is 0 Å². The Morgan fingerprint density at radius 1 is 1.10 bits per heavy atom. The average molecular weight is 441 g/mol. The van der Waals surface area contributed by atoms with Crippen LogP contribution < -0.4 is 27.4 Å². The summed E-state index contributed by atoms with van der Waals surface area (Å²) < 4.78 is 0. The highest BCUT2D eigenvalue weighted by molar-refractivity contribution is 5.93. The van der Waals surface area contributed by atoms with Crippen LogP contribution in [0.3, 0.4) is 0 Å². The molecule has 1 aromatic heterocycles. The van der Waals surface area contributed by atoms with E-state index in [1.54, 1.807) is 0 Å². The molecule has 174 valence electrons. The molecule has 13 heteroatoms. The van der Waals surface area contributed by atoms with Gasteiger partial charge < -0.3 is 42.6 Å². The van der Waals surface area contributed by atoms with Crippen molar-refractivity contribution in [2.45, 2.75) is 56.8 Å². The van der Waals surface area contributed by atoms with E-state index in [4.69, 9.17) is 11.5 Å². The van der Waals surface area contributed by atoms with Crippen molar-refractivity contribution in [2.75, 3.05) is 13.2 Å². The minimum atomic E-state index is -1.39. The highest BCUT2D eigenvalue weighted by atomic mass is 16.4. The number of imidazole rings is 1. The van der Waals surface area contributed by atoms with Crippen molar-refractivity contribution in [3.8, 4) is 0 Å². The second kappa shape index (κ2) is 13.3. The molecule has 4 atom stereocenters. The van der Waals surface area contributed by atoms with Gasteiger partial charge >= 0.3 is 5.97 Å². The molecule has 0 bridgehead atoms. The van der Waals surface area contributed by atoms with E-state index in [9.17, 15) is 29.4 Å². The van der Waals surface area contributed by atoms with Gasteiger partial charge in [-0.05, 0) is 32.7 Å². The molecule has 0 saturated carbocycles. The number of nitrogens with one attached hydrogen (secondary N) is 4. The van der Waals surface area contributed by atoms with Crippen LogP contribution in [0.15, 0.2) is 12.5 Å². The Morgan fingerprint density at radius 3 is 2.32 bits per heavy atom. The van der Waals surface area contributed by atoms with E-state index in [2.05, 4.69) is 25.9 Å². The first-order valence-electron chi connectivity index (χ1n) is 9.87. The molecule has 3 amide bonds. The molecule has 0 radical (unpaired) electrons. The number of carbonyl (C=O) groups excluding carboxylic acids is 3. The number of H-pyrrole nitrogens is 1. The van der Waals surface area contributed by atoms with Crippen molar-refractivity contribution in [1.82, 2.24) is 25.9 Å². The number of aromatic amines is 1. The number of carboxylic acid groups (broad SMARTS) is 1. The third-order valence-corrected chi connectivity index (χ3v) is 4.46. The molecule has 1 aromatic rings. The molecule has 13 nitrogen and oxygen atoms in total. The van der Waals surface area contributed by atoms with Crippen LogP contribution in [-0.4, -0.2) is 81.2 Å². The van der Waals surface area contributed by atoms with Gasteiger partial charge in [0.2, 0.25) is 17.7 Å². The van der Waals surface area contributed by atoms with Crippen LogP contribution >= 0.6 is 0 Å². The number of nitrogens with two attached hydrogens (primary N) is 2. The van der Waals surface area contributed by atoms with E-state index < -0.39 is 54.5 Å². The van der Waals surface area contributed by atoms with Crippen LogP contribution in [0.2, 0.25) is 0 Å². The summed E-state index contributed by atoms with van der Waals surface area (Å²) in [5.41, 5.74) is 11.8. The number of hydrogen-bond acceptors (Lipinski definition) is 8. The number of unbranched alkanes of at least 4 members (excludes halogenated alkanes) is 1. The molecular formula is C18H31N7O6. The maximum atomic E-state index is 12.3. The molecule has 0 aliphatic heterocycles. The number of aliphatic hydroxyl groups is 1. The first-order chi connectivity index (χ1) is 14.7. The zero-order valence-electron chi connectivity index (χ0n) is 17.3.